The molecule has 0 spiro atoms. The second-order valence-electron chi connectivity index (χ2n) is 3.70. The average molecular weight is 251 g/mol. The molecule has 0 unspecified atom stereocenters. The maximum atomic E-state index is 13.0. The summed E-state index contributed by atoms with van der Waals surface area (Å²) in [6, 6.07) is 7.58. The van der Waals surface area contributed by atoms with Gasteiger partial charge in [-0.05, 0) is 35.4 Å². The van der Waals surface area contributed by atoms with E-state index in [2.05, 4.69) is 0 Å². The highest BCUT2D eigenvalue weighted by Gasteiger charge is 2.11. The minimum Gasteiger partial charge on any atom is -0.366 e. The highest BCUT2D eigenvalue weighted by Crippen LogP contribution is 2.24. The van der Waals surface area contributed by atoms with Crippen molar-refractivity contribution in [1.82, 2.24) is 0 Å². The minimum atomic E-state index is -1.51. The zero-order valence-corrected chi connectivity index (χ0v) is 9.08. The van der Waals surface area contributed by atoms with Crippen molar-refractivity contribution in [3.8, 4) is 11.1 Å². The summed E-state index contributed by atoms with van der Waals surface area (Å²) in [5.74, 6) is -4.63. The van der Waals surface area contributed by atoms with E-state index in [1.165, 1.54) is 24.3 Å². The molecule has 2 aromatic rings. The first-order valence-electron chi connectivity index (χ1n) is 5.04. The summed E-state index contributed by atoms with van der Waals surface area (Å²) in [5, 5.41) is 0. The van der Waals surface area contributed by atoms with Gasteiger partial charge in [0, 0.05) is 5.56 Å². The van der Waals surface area contributed by atoms with Crippen molar-refractivity contribution in [1.29, 1.82) is 0 Å². The Labute approximate surface area is 101 Å². The Morgan fingerprint density at radius 1 is 0.889 bits per heavy atom. The Morgan fingerprint density at radius 3 is 1.83 bits per heavy atom. The number of hydrogen-bond acceptors (Lipinski definition) is 1. The molecule has 0 bridgehead atoms. The number of rotatable bonds is 2. The zero-order chi connectivity index (χ0) is 13.3. The summed E-state index contributed by atoms with van der Waals surface area (Å²) in [6.45, 7) is 0. The monoisotopic (exact) mass is 251 g/mol. The van der Waals surface area contributed by atoms with Crippen LogP contribution in [-0.2, 0) is 0 Å². The Bertz CT molecular complexity index is 585. The molecule has 18 heavy (non-hydrogen) atoms. The lowest BCUT2D eigenvalue weighted by Crippen LogP contribution is -2.10. The van der Waals surface area contributed by atoms with E-state index in [1.807, 2.05) is 0 Å². The van der Waals surface area contributed by atoms with Gasteiger partial charge >= 0.3 is 0 Å². The summed E-state index contributed by atoms with van der Waals surface area (Å²) in [7, 11) is 0. The van der Waals surface area contributed by atoms with Gasteiger partial charge in [0.25, 0.3) is 0 Å². The van der Waals surface area contributed by atoms with Crippen LogP contribution in [0.4, 0.5) is 13.2 Å². The van der Waals surface area contributed by atoms with Gasteiger partial charge in [0.15, 0.2) is 17.5 Å². The smallest absolute Gasteiger partial charge is 0.248 e. The SMILES string of the molecule is NC(=O)c1ccc(-c2cc(F)c(F)c(F)c2)cc1. The van der Waals surface area contributed by atoms with Gasteiger partial charge in [-0.1, -0.05) is 12.1 Å². The normalized spacial score (nSPS) is 10.4. The highest BCUT2D eigenvalue weighted by atomic mass is 19.2. The van der Waals surface area contributed by atoms with E-state index in [1.54, 1.807) is 0 Å². The van der Waals surface area contributed by atoms with Crippen LogP contribution in [0.25, 0.3) is 11.1 Å². The molecule has 0 aromatic heterocycles. The van der Waals surface area contributed by atoms with Crippen molar-refractivity contribution < 1.29 is 18.0 Å². The Balaban J connectivity index is 2.46. The number of carbonyl (C=O) groups is 1. The van der Waals surface area contributed by atoms with Crippen LogP contribution >= 0.6 is 0 Å². The number of benzene rings is 2. The maximum absolute atomic E-state index is 13.0. The summed E-state index contributed by atoms with van der Waals surface area (Å²) >= 11 is 0. The summed E-state index contributed by atoms with van der Waals surface area (Å²) in [4.78, 5) is 10.9. The summed E-state index contributed by atoms with van der Waals surface area (Å²) in [5.41, 5.74) is 5.98. The fraction of sp³-hybridized carbons (Fsp3) is 0. The van der Waals surface area contributed by atoms with Crippen LogP contribution in [0.15, 0.2) is 36.4 Å². The van der Waals surface area contributed by atoms with Gasteiger partial charge in [-0.15, -0.1) is 0 Å². The zero-order valence-electron chi connectivity index (χ0n) is 9.08. The van der Waals surface area contributed by atoms with Gasteiger partial charge in [0.2, 0.25) is 5.91 Å². The first kappa shape index (κ1) is 12.2. The van der Waals surface area contributed by atoms with E-state index in [-0.39, 0.29) is 11.1 Å². The number of carbonyl (C=O) groups excluding carboxylic acids is 1. The Morgan fingerprint density at radius 2 is 1.39 bits per heavy atom. The molecule has 1 amide bonds. The average Bonchev–Trinajstić information content (AvgIpc) is 2.35. The van der Waals surface area contributed by atoms with Gasteiger partial charge in [0.1, 0.15) is 0 Å². The first-order chi connectivity index (χ1) is 8.49. The van der Waals surface area contributed by atoms with E-state index in [0.717, 1.165) is 12.1 Å². The van der Waals surface area contributed by atoms with E-state index in [9.17, 15) is 18.0 Å². The number of primary amides is 1. The molecule has 92 valence electrons. The molecule has 0 saturated heterocycles. The van der Waals surface area contributed by atoms with E-state index >= 15 is 0 Å². The highest BCUT2D eigenvalue weighted by molar-refractivity contribution is 5.93. The molecule has 0 aliphatic rings. The molecular weight excluding hydrogens is 243 g/mol. The molecule has 2 rings (SSSR count). The molecule has 0 atom stereocenters. The van der Waals surface area contributed by atoms with Gasteiger partial charge in [0.05, 0.1) is 0 Å². The number of nitrogens with two attached hydrogens (primary N) is 1. The van der Waals surface area contributed by atoms with Gasteiger partial charge in [-0.25, -0.2) is 13.2 Å². The number of hydrogen-bond donors (Lipinski definition) is 1. The van der Waals surface area contributed by atoms with Gasteiger partial charge in [-0.3, -0.25) is 4.79 Å². The Kier molecular flexibility index (Phi) is 3.06. The first-order valence-corrected chi connectivity index (χ1v) is 5.04. The second kappa shape index (κ2) is 4.52. The van der Waals surface area contributed by atoms with E-state index < -0.39 is 23.4 Å². The van der Waals surface area contributed by atoms with Gasteiger partial charge < -0.3 is 5.73 Å². The van der Waals surface area contributed by atoms with Crippen LogP contribution in [-0.4, -0.2) is 5.91 Å². The molecule has 0 aliphatic carbocycles. The molecule has 2 aromatic carbocycles. The van der Waals surface area contributed by atoms with Crippen molar-refractivity contribution in [2.45, 2.75) is 0 Å². The second-order valence-corrected chi connectivity index (χ2v) is 3.70. The standard InChI is InChI=1S/C13H8F3NO/c14-10-5-9(6-11(15)12(10)16)7-1-3-8(4-2-7)13(17)18/h1-6H,(H2,17,18). The molecule has 0 saturated carbocycles. The Hall–Kier alpha value is -2.30. The van der Waals surface area contributed by atoms with Crippen molar-refractivity contribution in [3.63, 3.8) is 0 Å². The fourth-order valence-corrected chi connectivity index (χ4v) is 1.55. The molecule has 2 nitrogen and oxygen atoms in total. The van der Waals surface area contributed by atoms with Crippen LogP contribution in [0, 0.1) is 17.5 Å². The third-order valence-corrected chi connectivity index (χ3v) is 2.49. The van der Waals surface area contributed by atoms with Crippen molar-refractivity contribution in [3.05, 3.63) is 59.4 Å². The maximum Gasteiger partial charge on any atom is 0.248 e. The summed E-state index contributed by atoms with van der Waals surface area (Å²) < 4.78 is 38.9. The lowest BCUT2D eigenvalue weighted by molar-refractivity contribution is 0.100. The van der Waals surface area contributed by atoms with Crippen LogP contribution in [0.5, 0.6) is 0 Å². The molecule has 2 N–H and O–H groups in total. The third kappa shape index (κ3) is 2.20. The third-order valence-electron chi connectivity index (χ3n) is 2.49. The topological polar surface area (TPSA) is 43.1 Å². The molecule has 0 aliphatic heterocycles. The lowest BCUT2D eigenvalue weighted by atomic mass is 10.0. The van der Waals surface area contributed by atoms with Crippen LogP contribution in [0.1, 0.15) is 10.4 Å². The molecule has 0 heterocycles. The minimum absolute atomic E-state index is 0.183. The predicted octanol–water partition coefficient (Wildman–Crippen LogP) is 2.87. The summed E-state index contributed by atoms with van der Waals surface area (Å²) in [6.07, 6.45) is 0. The molecule has 0 radical (unpaired) electrons. The molecule has 5 heteroatoms. The quantitative estimate of drug-likeness (QED) is 0.819. The fourth-order valence-electron chi connectivity index (χ4n) is 1.55. The molecular formula is C13H8F3NO. The van der Waals surface area contributed by atoms with Crippen molar-refractivity contribution >= 4 is 5.91 Å². The number of halogens is 3. The van der Waals surface area contributed by atoms with E-state index in [0.29, 0.717) is 5.56 Å². The van der Waals surface area contributed by atoms with Crippen LogP contribution in [0.3, 0.4) is 0 Å². The van der Waals surface area contributed by atoms with Crippen molar-refractivity contribution in [2.24, 2.45) is 5.73 Å². The van der Waals surface area contributed by atoms with E-state index in [4.69, 9.17) is 5.73 Å². The largest absolute Gasteiger partial charge is 0.366 e. The predicted molar refractivity (Wildman–Crippen MR) is 60.3 cm³/mol. The van der Waals surface area contributed by atoms with Crippen LogP contribution in [0.2, 0.25) is 0 Å². The lowest BCUT2D eigenvalue weighted by Gasteiger charge is -2.04. The molecule has 0 fully saturated rings. The number of amides is 1. The van der Waals surface area contributed by atoms with Gasteiger partial charge in [-0.2, -0.15) is 0 Å². The van der Waals surface area contributed by atoms with Crippen molar-refractivity contribution in [2.75, 3.05) is 0 Å². The van der Waals surface area contributed by atoms with Crippen LogP contribution < -0.4 is 5.73 Å².